The molecule has 1 heterocycles. The monoisotopic (exact) mass is 454 g/mol. The molecule has 0 saturated carbocycles. The number of benzene rings is 1. The van der Waals surface area contributed by atoms with Crippen LogP contribution < -0.4 is 5.32 Å². The van der Waals surface area contributed by atoms with Crippen LogP contribution in [0, 0.1) is 5.41 Å². The van der Waals surface area contributed by atoms with Crippen LogP contribution in [0.3, 0.4) is 0 Å². The van der Waals surface area contributed by atoms with Gasteiger partial charge in [0, 0.05) is 29.5 Å². The maximum atomic E-state index is 13.2. The van der Waals surface area contributed by atoms with E-state index in [0.717, 1.165) is 18.2 Å². The number of carbonyl (C=O) groups excluding carboxylic acids is 2. The number of oxime groups is 1. The first kappa shape index (κ1) is 25.4. The molecular formula is C23H29F3N2O4. The van der Waals surface area contributed by atoms with Crippen LogP contribution in [0.5, 0.6) is 0 Å². The fourth-order valence-corrected chi connectivity index (χ4v) is 3.43. The normalized spacial score (nSPS) is 21.9. The predicted octanol–water partition coefficient (Wildman–Crippen LogP) is 4.68. The van der Waals surface area contributed by atoms with Gasteiger partial charge in [-0.25, -0.2) is 4.79 Å². The second kappa shape index (κ2) is 10.2. The summed E-state index contributed by atoms with van der Waals surface area (Å²) in [5.74, 6) is -1.26. The quantitative estimate of drug-likeness (QED) is 0.400. The molecule has 32 heavy (non-hydrogen) atoms. The van der Waals surface area contributed by atoms with E-state index in [1.165, 1.54) is 7.11 Å². The molecule has 176 valence electrons. The molecule has 0 bridgehead atoms. The Morgan fingerprint density at radius 1 is 1.31 bits per heavy atom. The van der Waals surface area contributed by atoms with Gasteiger partial charge in [0.1, 0.15) is 13.2 Å². The molecule has 9 heteroatoms. The SMILES string of the molecule is C=C1Cc2cc(C(F)(F)F)ccc2C(=O)NCC(C)(C)/C(=N/OC)CCC(CC)OC1=O. The molecule has 1 aliphatic heterocycles. The summed E-state index contributed by atoms with van der Waals surface area (Å²) in [5.41, 5.74) is -0.788. The first-order valence-electron chi connectivity index (χ1n) is 10.4. The summed E-state index contributed by atoms with van der Waals surface area (Å²) in [6, 6.07) is 2.84. The van der Waals surface area contributed by atoms with Crippen molar-refractivity contribution in [3.05, 3.63) is 47.0 Å². The fraction of sp³-hybridized carbons (Fsp3) is 0.522. The topological polar surface area (TPSA) is 77.0 Å². The third kappa shape index (κ3) is 6.34. The van der Waals surface area contributed by atoms with Crippen LogP contribution in [-0.4, -0.2) is 37.3 Å². The van der Waals surface area contributed by atoms with E-state index in [2.05, 4.69) is 17.1 Å². The highest BCUT2D eigenvalue weighted by atomic mass is 19.4. The van der Waals surface area contributed by atoms with Gasteiger partial charge in [-0.2, -0.15) is 13.2 Å². The molecule has 1 aromatic carbocycles. The lowest BCUT2D eigenvalue weighted by Crippen LogP contribution is -2.40. The zero-order chi connectivity index (χ0) is 24.1. The number of hydrogen-bond acceptors (Lipinski definition) is 5. The molecule has 1 aromatic rings. The van der Waals surface area contributed by atoms with Crippen molar-refractivity contribution >= 4 is 17.6 Å². The Balaban J connectivity index is 2.51. The van der Waals surface area contributed by atoms with Gasteiger partial charge < -0.3 is 14.9 Å². The van der Waals surface area contributed by atoms with E-state index in [0.29, 0.717) is 25.0 Å². The van der Waals surface area contributed by atoms with Crippen molar-refractivity contribution in [1.29, 1.82) is 0 Å². The summed E-state index contributed by atoms with van der Waals surface area (Å²) in [6.45, 7) is 9.49. The number of alkyl halides is 3. The lowest BCUT2D eigenvalue weighted by atomic mass is 9.84. The van der Waals surface area contributed by atoms with Crippen LogP contribution >= 0.6 is 0 Å². The third-order valence-corrected chi connectivity index (χ3v) is 5.48. The smallest absolute Gasteiger partial charge is 0.416 e. The Labute approximate surface area is 185 Å². The molecule has 0 saturated heterocycles. The van der Waals surface area contributed by atoms with Gasteiger partial charge in [-0.3, -0.25) is 4.79 Å². The third-order valence-electron chi connectivity index (χ3n) is 5.48. The van der Waals surface area contributed by atoms with E-state index < -0.39 is 35.1 Å². The fourth-order valence-electron chi connectivity index (χ4n) is 3.43. The molecule has 0 fully saturated rings. The van der Waals surface area contributed by atoms with Gasteiger partial charge in [0.25, 0.3) is 5.91 Å². The maximum absolute atomic E-state index is 13.2. The van der Waals surface area contributed by atoms with Crippen LogP contribution in [0.2, 0.25) is 0 Å². The number of ether oxygens (including phenoxy) is 1. The highest BCUT2D eigenvalue weighted by Crippen LogP contribution is 2.32. The van der Waals surface area contributed by atoms with Crippen molar-refractivity contribution in [3.63, 3.8) is 0 Å². The van der Waals surface area contributed by atoms with Crippen molar-refractivity contribution in [2.75, 3.05) is 13.7 Å². The highest BCUT2D eigenvalue weighted by molar-refractivity contribution is 5.97. The number of amides is 1. The Morgan fingerprint density at radius 2 is 2.00 bits per heavy atom. The van der Waals surface area contributed by atoms with Crippen LogP contribution in [0.1, 0.15) is 61.5 Å². The van der Waals surface area contributed by atoms with Crippen molar-refractivity contribution < 1.29 is 32.3 Å². The highest BCUT2D eigenvalue weighted by Gasteiger charge is 2.33. The average molecular weight is 454 g/mol. The average Bonchev–Trinajstić information content (AvgIpc) is 2.72. The van der Waals surface area contributed by atoms with Crippen LogP contribution in [-0.2, 0) is 27.0 Å². The number of fused-ring (bicyclic) bond motifs is 1. The van der Waals surface area contributed by atoms with E-state index >= 15 is 0 Å². The van der Waals surface area contributed by atoms with Gasteiger partial charge in [-0.15, -0.1) is 0 Å². The predicted molar refractivity (Wildman–Crippen MR) is 114 cm³/mol. The molecule has 1 atom stereocenters. The van der Waals surface area contributed by atoms with Crippen molar-refractivity contribution in [3.8, 4) is 0 Å². The van der Waals surface area contributed by atoms with E-state index in [1.54, 1.807) is 0 Å². The lowest BCUT2D eigenvalue weighted by molar-refractivity contribution is -0.144. The molecule has 1 unspecified atom stereocenters. The molecule has 1 amide bonds. The summed E-state index contributed by atoms with van der Waals surface area (Å²) < 4.78 is 45.3. The van der Waals surface area contributed by atoms with Crippen molar-refractivity contribution in [2.24, 2.45) is 10.6 Å². The zero-order valence-electron chi connectivity index (χ0n) is 18.8. The second-order valence-electron chi connectivity index (χ2n) is 8.41. The zero-order valence-corrected chi connectivity index (χ0v) is 18.8. The number of rotatable bonds is 2. The Bertz CT molecular complexity index is 907. The van der Waals surface area contributed by atoms with Gasteiger partial charge in [0.05, 0.1) is 11.3 Å². The molecule has 1 aliphatic rings. The molecule has 0 radical (unpaired) electrons. The number of nitrogens with one attached hydrogen (secondary N) is 1. The van der Waals surface area contributed by atoms with Gasteiger partial charge in [-0.05, 0) is 43.0 Å². The van der Waals surface area contributed by atoms with Gasteiger partial charge >= 0.3 is 12.1 Å². The molecule has 2 rings (SSSR count). The first-order valence-corrected chi connectivity index (χ1v) is 10.4. The van der Waals surface area contributed by atoms with Gasteiger partial charge in [0.2, 0.25) is 0 Å². The van der Waals surface area contributed by atoms with Crippen LogP contribution in [0.15, 0.2) is 35.5 Å². The minimum atomic E-state index is -4.59. The van der Waals surface area contributed by atoms with Gasteiger partial charge in [-0.1, -0.05) is 32.5 Å². The molecule has 0 aromatic heterocycles. The first-order chi connectivity index (χ1) is 14.9. The summed E-state index contributed by atoms with van der Waals surface area (Å²) in [6.07, 6.45) is -3.75. The van der Waals surface area contributed by atoms with E-state index in [4.69, 9.17) is 9.57 Å². The van der Waals surface area contributed by atoms with Crippen molar-refractivity contribution in [1.82, 2.24) is 5.32 Å². The Hall–Kier alpha value is -2.84. The number of hydrogen-bond donors (Lipinski definition) is 1. The summed E-state index contributed by atoms with van der Waals surface area (Å²) in [5, 5.41) is 6.88. The van der Waals surface area contributed by atoms with Crippen LogP contribution in [0.4, 0.5) is 13.2 Å². The summed E-state index contributed by atoms with van der Waals surface area (Å²) in [7, 11) is 1.42. The lowest BCUT2D eigenvalue weighted by Gasteiger charge is -2.28. The number of cyclic esters (lactones) is 1. The van der Waals surface area contributed by atoms with E-state index in [1.807, 2.05) is 20.8 Å². The van der Waals surface area contributed by atoms with Crippen LogP contribution in [0.25, 0.3) is 0 Å². The van der Waals surface area contributed by atoms with Crippen molar-refractivity contribution in [2.45, 2.75) is 58.7 Å². The maximum Gasteiger partial charge on any atom is 0.416 e. The summed E-state index contributed by atoms with van der Waals surface area (Å²) >= 11 is 0. The molecule has 1 N–H and O–H groups in total. The molecule has 0 aliphatic carbocycles. The minimum Gasteiger partial charge on any atom is -0.459 e. The minimum absolute atomic E-state index is 0.0278. The van der Waals surface area contributed by atoms with Gasteiger partial charge in [0.15, 0.2) is 0 Å². The second-order valence-corrected chi connectivity index (χ2v) is 8.41. The number of halogens is 3. The molecule has 0 spiro atoms. The number of esters is 1. The molecule has 6 nitrogen and oxygen atoms in total. The Kier molecular flexibility index (Phi) is 8.09. The number of nitrogens with zero attached hydrogens (tertiary/aromatic N) is 1. The Morgan fingerprint density at radius 3 is 2.59 bits per heavy atom. The standard InChI is InChI=1S/C23H29F3N2O4/c1-6-17-8-10-19(28-31-5)22(3,4)13-27-20(29)18-9-7-16(23(24,25)26)12-15(18)11-14(2)21(30)32-17/h7,9,12,17H,2,6,8,10-11,13H2,1,3-5H3,(H,27,29)/b28-19+. The largest absolute Gasteiger partial charge is 0.459 e. The summed E-state index contributed by atoms with van der Waals surface area (Å²) in [4.78, 5) is 30.4. The van der Waals surface area contributed by atoms with E-state index in [9.17, 15) is 22.8 Å². The number of carbonyl (C=O) groups is 2. The molecular weight excluding hydrogens is 425 g/mol. The van der Waals surface area contributed by atoms with E-state index in [-0.39, 0.29) is 29.7 Å².